The number of amides is 4. The smallest absolute Gasteiger partial charge is 0.326 e. The highest BCUT2D eigenvalue weighted by atomic mass is 16.4. The normalized spacial score (nSPS) is 14.5. The minimum Gasteiger partial charge on any atom is -0.481 e. The summed E-state index contributed by atoms with van der Waals surface area (Å²) in [6, 6.07) is -4.79. The molecule has 4 amide bonds. The summed E-state index contributed by atoms with van der Waals surface area (Å²) >= 11 is 0. The number of hydrogen-bond donors (Lipinski definition) is 7. The lowest BCUT2D eigenvalue weighted by Crippen LogP contribution is -2.57. The van der Waals surface area contributed by atoms with Gasteiger partial charge in [-0.3, -0.25) is 24.0 Å². The third-order valence-electron chi connectivity index (χ3n) is 4.33. The van der Waals surface area contributed by atoms with E-state index in [4.69, 9.17) is 16.6 Å². The van der Waals surface area contributed by atoms with Crippen molar-refractivity contribution in [2.75, 3.05) is 0 Å². The average molecular weight is 460 g/mol. The average Bonchev–Trinajstić information content (AvgIpc) is 2.66. The molecule has 0 fully saturated rings. The van der Waals surface area contributed by atoms with E-state index >= 15 is 0 Å². The van der Waals surface area contributed by atoms with Crippen LogP contribution < -0.4 is 27.4 Å². The Balaban J connectivity index is 5.50. The van der Waals surface area contributed by atoms with Crippen molar-refractivity contribution in [3.05, 3.63) is 0 Å². The van der Waals surface area contributed by atoms with Crippen LogP contribution in [0.3, 0.4) is 0 Å². The Morgan fingerprint density at radius 1 is 0.750 bits per heavy atom. The summed E-state index contributed by atoms with van der Waals surface area (Å²) in [5.74, 6) is -5.72. The largest absolute Gasteiger partial charge is 0.481 e. The van der Waals surface area contributed by atoms with Crippen molar-refractivity contribution in [1.82, 2.24) is 16.0 Å². The van der Waals surface area contributed by atoms with E-state index < -0.39 is 66.2 Å². The van der Waals surface area contributed by atoms with Crippen LogP contribution in [0.25, 0.3) is 0 Å². The second-order valence-electron chi connectivity index (χ2n) is 7.88. The van der Waals surface area contributed by atoms with Gasteiger partial charge in [-0.1, -0.05) is 13.8 Å². The number of rotatable bonds is 15. The van der Waals surface area contributed by atoms with Gasteiger partial charge in [-0.15, -0.1) is 0 Å². The summed E-state index contributed by atoms with van der Waals surface area (Å²) in [6.07, 6.45) is -1.18. The number of primary amides is 1. The van der Waals surface area contributed by atoms with Gasteiger partial charge in [0.1, 0.15) is 18.1 Å². The van der Waals surface area contributed by atoms with E-state index in [1.54, 1.807) is 0 Å². The molecular formula is C19H33N5O8. The lowest BCUT2D eigenvalue weighted by Gasteiger charge is -2.25. The maximum absolute atomic E-state index is 12.8. The minimum absolute atomic E-state index is 0.0179. The zero-order valence-corrected chi connectivity index (χ0v) is 18.4. The number of carbonyl (C=O) groups excluding carboxylic acids is 4. The summed E-state index contributed by atoms with van der Waals surface area (Å²) < 4.78 is 0. The van der Waals surface area contributed by atoms with E-state index in [2.05, 4.69) is 16.0 Å². The van der Waals surface area contributed by atoms with Crippen LogP contribution >= 0.6 is 0 Å². The number of aliphatic carboxylic acids is 2. The lowest BCUT2D eigenvalue weighted by atomic mass is 10.0. The van der Waals surface area contributed by atoms with Crippen LogP contribution in [0.5, 0.6) is 0 Å². The molecule has 0 bridgehead atoms. The first-order valence-corrected chi connectivity index (χ1v) is 10.1. The Bertz CT molecular complexity index is 710. The Labute approximate surface area is 185 Å². The molecule has 0 radical (unpaired) electrons. The molecule has 0 aliphatic carbocycles. The Morgan fingerprint density at radius 3 is 1.66 bits per heavy atom. The van der Waals surface area contributed by atoms with E-state index in [1.165, 1.54) is 6.92 Å². The van der Waals surface area contributed by atoms with Crippen molar-refractivity contribution in [2.45, 2.75) is 77.0 Å². The standard InChI is InChI=1S/C19H33N5O8/c1-9(2)8-13(24-16(28)10(3)20)18(30)22-11(5-7-15(26)27)17(29)23-12(19(31)32)4-6-14(21)25/h9-13H,4-8,20H2,1-3H3,(H2,21,25)(H,22,30)(H,23,29)(H,24,28)(H,26,27)(H,31,32). The van der Waals surface area contributed by atoms with Gasteiger partial charge in [0, 0.05) is 12.8 Å². The molecule has 0 saturated heterocycles. The third kappa shape index (κ3) is 11.8. The van der Waals surface area contributed by atoms with Crippen LogP contribution in [-0.4, -0.2) is 69.9 Å². The highest BCUT2D eigenvalue weighted by Crippen LogP contribution is 2.08. The number of nitrogens with one attached hydrogen (secondary N) is 3. The molecule has 13 nitrogen and oxygen atoms in total. The van der Waals surface area contributed by atoms with Crippen LogP contribution in [0.1, 0.15) is 52.9 Å². The molecular weight excluding hydrogens is 426 g/mol. The number of hydrogen-bond acceptors (Lipinski definition) is 7. The van der Waals surface area contributed by atoms with Gasteiger partial charge in [0.05, 0.1) is 6.04 Å². The molecule has 182 valence electrons. The van der Waals surface area contributed by atoms with E-state index in [1.807, 2.05) is 13.8 Å². The maximum atomic E-state index is 12.8. The topological polar surface area (TPSA) is 231 Å². The van der Waals surface area contributed by atoms with Crippen molar-refractivity contribution in [3.8, 4) is 0 Å². The molecule has 0 saturated carbocycles. The van der Waals surface area contributed by atoms with E-state index in [0.29, 0.717) is 0 Å². The van der Waals surface area contributed by atoms with E-state index in [9.17, 15) is 33.9 Å². The van der Waals surface area contributed by atoms with E-state index in [0.717, 1.165) is 0 Å². The lowest BCUT2D eigenvalue weighted by molar-refractivity contribution is -0.143. The zero-order valence-electron chi connectivity index (χ0n) is 18.4. The predicted octanol–water partition coefficient (Wildman–Crippen LogP) is -1.95. The van der Waals surface area contributed by atoms with Crippen molar-refractivity contribution in [2.24, 2.45) is 17.4 Å². The quantitative estimate of drug-likeness (QED) is 0.144. The van der Waals surface area contributed by atoms with Crippen LogP contribution in [0, 0.1) is 5.92 Å². The molecule has 32 heavy (non-hydrogen) atoms. The van der Waals surface area contributed by atoms with Crippen LogP contribution in [0.2, 0.25) is 0 Å². The fourth-order valence-electron chi connectivity index (χ4n) is 2.63. The highest BCUT2D eigenvalue weighted by Gasteiger charge is 2.30. The predicted molar refractivity (Wildman–Crippen MR) is 112 cm³/mol. The fraction of sp³-hybridized carbons (Fsp3) is 0.684. The number of carboxylic acid groups (broad SMARTS) is 2. The van der Waals surface area contributed by atoms with Gasteiger partial charge >= 0.3 is 11.9 Å². The van der Waals surface area contributed by atoms with Crippen molar-refractivity contribution >= 4 is 35.6 Å². The molecule has 0 aromatic carbocycles. The number of carbonyl (C=O) groups is 6. The van der Waals surface area contributed by atoms with Crippen molar-refractivity contribution in [3.63, 3.8) is 0 Å². The SMILES string of the molecule is CC(C)CC(NC(=O)C(C)N)C(=O)NC(CCC(=O)O)C(=O)NC(CCC(N)=O)C(=O)O. The summed E-state index contributed by atoms with van der Waals surface area (Å²) in [7, 11) is 0. The first kappa shape index (κ1) is 28.8. The minimum atomic E-state index is -1.47. The van der Waals surface area contributed by atoms with Gasteiger partial charge in [-0.25, -0.2) is 4.79 Å². The van der Waals surface area contributed by atoms with Gasteiger partial charge < -0.3 is 37.6 Å². The summed E-state index contributed by atoms with van der Waals surface area (Å²) in [6.45, 7) is 5.05. The third-order valence-corrected chi connectivity index (χ3v) is 4.33. The Kier molecular flexibility index (Phi) is 12.6. The molecule has 9 N–H and O–H groups in total. The molecule has 0 rings (SSSR count). The molecule has 0 aromatic rings. The van der Waals surface area contributed by atoms with Gasteiger partial charge in [0.25, 0.3) is 0 Å². The van der Waals surface area contributed by atoms with Gasteiger partial charge in [0.15, 0.2) is 0 Å². The molecule has 4 unspecified atom stereocenters. The van der Waals surface area contributed by atoms with Crippen molar-refractivity contribution in [1.29, 1.82) is 0 Å². The molecule has 4 atom stereocenters. The summed E-state index contributed by atoms with van der Waals surface area (Å²) in [5.41, 5.74) is 10.5. The van der Waals surface area contributed by atoms with Crippen LogP contribution in [0.4, 0.5) is 0 Å². The van der Waals surface area contributed by atoms with Gasteiger partial charge in [-0.05, 0) is 32.1 Å². The molecule has 0 spiro atoms. The zero-order chi connectivity index (χ0) is 25.0. The van der Waals surface area contributed by atoms with Crippen LogP contribution in [-0.2, 0) is 28.8 Å². The second kappa shape index (κ2) is 14.0. The molecule has 0 heterocycles. The highest BCUT2D eigenvalue weighted by molar-refractivity contribution is 5.94. The molecule has 0 aromatic heterocycles. The first-order chi connectivity index (χ1) is 14.7. The molecule has 0 aliphatic rings. The maximum Gasteiger partial charge on any atom is 0.326 e. The van der Waals surface area contributed by atoms with Gasteiger partial charge in [-0.2, -0.15) is 0 Å². The molecule has 13 heteroatoms. The van der Waals surface area contributed by atoms with E-state index in [-0.39, 0.29) is 31.6 Å². The Hall–Kier alpha value is -3.22. The molecule has 0 aliphatic heterocycles. The second-order valence-corrected chi connectivity index (χ2v) is 7.88. The number of carboxylic acids is 2. The first-order valence-electron chi connectivity index (χ1n) is 10.1. The van der Waals surface area contributed by atoms with Crippen molar-refractivity contribution < 1.29 is 39.0 Å². The Morgan fingerprint density at radius 2 is 1.22 bits per heavy atom. The summed E-state index contributed by atoms with van der Waals surface area (Å²) in [4.78, 5) is 70.6. The summed E-state index contributed by atoms with van der Waals surface area (Å²) in [5, 5.41) is 25.2. The monoisotopic (exact) mass is 459 g/mol. The van der Waals surface area contributed by atoms with Crippen LogP contribution in [0.15, 0.2) is 0 Å². The van der Waals surface area contributed by atoms with Gasteiger partial charge in [0.2, 0.25) is 23.6 Å². The number of nitrogens with two attached hydrogens (primary N) is 2. The fourth-order valence-corrected chi connectivity index (χ4v) is 2.63.